The molecule has 0 spiro atoms. The van der Waals surface area contributed by atoms with Gasteiger partial charge in [-0.3, -0.25) is 20.8 Å². The second-order valence-corrected chi connectivity index (χ2v) is 39.5. The van der Waals surface area contributed by atoms with Crippen LogP contribution < -0.4 is 32.1 Å². The first-order chi connectivity index (χ1) is 69.7. The number of benzene rings is 16. The van der Waals surface area contributed by atoms with Gasteiger partial charge >= 0.3 is 0 Å². The molecule has 142 heavy (non-hydrogen) atoms. The van der Waals surface area contributed by atoms with Crippen molar-refractivity contribution in [1.82, 2.24) is 51.7 Å². The molecular formula is C120H102N14S8. The van der Waals surface area contributed by atoms with E-state index in [0.29, 0.717) is 26.7 Å². The molecule has 0 fully saturated rings. The Hall–Kier alpha value is -14.8. The fraction of sp³-hybridized carbons (Fsp3) is 0.0833. The molecule has 0 aliphatic heterocycles. The number of aromatic nitrogens is 4. The number of nitrogens with zero attached hydrogens (tertiary/aromatic N) is 8. The second kappa shape index (κ2) is 47.9. The number of hydrogen-bond acceptors (Lipinski definition) is 14. The Morgan fingerprint density at radius 2 is 0.521 bits per heavy atom. The van der Waals surface area contributed by atoms with Gasteiger partial charge in [-0.15, -0.1) is 0 Å². The number of hydrazone groups is 2. The van der Waals surface area contributed by atoms with Gasteiger partial charge in [0.1, 0.15) is 32.2 Å². The SMILES string of the molecule is CC(=NCC(=S)NC(c1ccccc1)(c1ccccc1)c1ccccc1)c1ccccc1SSc1ccccc1/C(C)=N/NC(=S)NC(c1ccccc1)(c1ccccc1)c1ccccc1.Cc1nn(-c2ccccc2)c(SSc2c(/C=N/NC(=S)NC(c3ccccc3)(c3ccccc3)c3ccccc3)c(C)nn2-c2ccccc2)c1C=NCC(=S)NC(c1ccccc1)(c1ccccc1)c1ccccc1. The molecule has 700 valence electrons. The predicted octanol–water partition coefficient (Wildman–Crippen LogP) is 27.0. The van der Waals surface area contributed by atoms with Crippen molar-refractivity contribution in [2.45, 2.75) is 69.7 Å². The van der Waals surface area contributed by atoms with Gasteiger partial charge in [0.15, 0.2) is 10.2 Å². The van der Waals surface area contributed by atoms with Gasteiger partial charge in [-0.2, -0.15) is 20.4 Å². The third-order valence-electron chi connectivity index (χ3n) is 24.4. The van der Waals surface area contributed by atoms with E-state index in [9.17, 15) is 0 Å². The maximum absolute atomic E-state index is 6.21. The molecule has 0 saturated carbocycles. The summed E-state index contributed by atoms with van der Waals surface area (Å²) in [6.45, 7) is 8.63. The Balaban J connectivity index is 0.000000197. The minimum atomic E-state index is -0.825. The van der Waals surface area contributed by atoms with Gasteiger partial charge < -0.3 is 21.3 Å². The average molecular weight is 2000 g/mol. The van der Waals surface area contributed by atoms with Crippen molar-refractivity contribution in [3.05, 3.63) is 574 Å². The largest absolute Gasteiger partial charge is 0.361 e. The highest BCUT2D eigenvalue weighted by Crippen LogP contribution is 2.47. The van der Waals surface area contributed by atoms with Gasteiger partial charge in [0.2, 0.25) is 0 Å². The van der Waals surface area contributed by atoms with E-state index in [4.69, 9.17) is 79.3 Å². The molecule has 0 amide bonds. The molecule has 0 radical (unpaired) electrons. The number of para-hydroxylation sites is 2. The van der Waals surface area contributed by atoms with Crippen molar-refractivity contribution in [2.24, 2.45) is 20.2 Å². The zero-order valence-electron chi connectivity index (χ0n) is 78.4. The monoisotopic (exact) mass is 1990 g/mol. The van der Waals surface area contributed by atoms with Crippen LogP contribution in [-0.4, -0.2) is 76.7 Å². The smallest absolute Gasteiger partial charge is 0.188 e. The fourth-order valence-electron chi connectivity index (χ4n) is 17.7. The molecule has 22 heteroatoms. The topological polar surface area (TPSA) is 157 Å². The number of rotatable bonds is 34. The third kappa shape index (κ3) is 22.8. The molecule has 18 aromatic rings. The van der Waals surface area contributed by atoms with Crippen LogP contribution in [0.3, 0.4) is 0 Å². The molecule has 0 saturated heterocycles. The molecule has 0 atom stereocenters. The number of aliphatic imine (C=N–C) groups is 2. The minimum absolute atomic E-state index is 0.240. The summed E-state index contributed by atoms with van der Waals surface area (Å²) in [6.07, 6.45) is 3.69. The summed E-state index contributed by atoms with van der Waals surface area (Å²) in [4.78, 5) is 13.5. The zero-order valence-corrected chi connectivity index (χ0v) is 85.0. The molecular weight excluding hydrogens is 1890 g/mol. The number of hydrogen-bond donors (Lipinski definition) is 6. The van der Waals surface area contributed by atoms with E-state index in [0.717, 1.165) is 143 Å². The summed E-state index contributed by atoms with van der Waals surface area (Å²) >= 11 is 24.5. The Labute approximate surface area is 868 Å². The highest BCUT2D eigenvalue weighted by molar-refractivity contribution is 8.77. The predicted molar refractivity (Wildman–Crippen MR) is 608 cm³/mol. The maximum Gasteiger partial charge on any atom is 0.188 e. The second-order valence-electron chi connectivity index (χ2n) is 33.4. The first-order valence-corrected chi connectivity index (χ1v) is 52.4. The first-order valence-electron chi connectivity index (χ1n) is 46.4. The van der Waals surface area contributed by atoms with E-state index in [1.54, 1.807) is 49.4 Å². The van der Waals surface area contributed by atoms with Gasteiger partial charge in [0, 0.05) is 38.4 Å². The zero-order chi connectivity index (χ0) is 97.8. The summed E-state index contributed by atoms with van der Waals surface area (Å²) in [6, 6.07) is 162. The summed E-state index contributed by atoms with van der Waals surface area (Å²) in [7, 11) is 6.53. The molecule has 2 heterocycles. The van der Waals surface area contributed by atoms with E-state index < -0.39 is 22.2 Å². The van der Waals surface area contributed by atoms with Crippen molar-refractivity contribution in [1.29, 1.82) is 0 Å². The standard InChI is InChI=1S/C63H53N9S4.C57H49N5S4/c1-46-56(43-64-45-58(73)66-62(48-27-11-3-12-28-48,49-29-13-4-14-30-49)50-31-15-5-16-32-50)59(71(69-46)54-39-23-9-24-40-54)75-76-60-57(47(2)70-72(60)55-41-25-10-26-42-55)44-65-68-61(74)67-63(51-33-17-6-18-34-51,52-35-19-7-20-36-52)53-37-21-8-22-38-53;1-42(58-41-54(63)59-56(44-25-9-3-10-26-44,45-27-11-4-12-28-45)46-29-13-5-14-30-46)50-37-21-23-39-52(50)65-66-53-40-24-22-38-51(53)43(2)61-62-55(64)60-57(47-31-15-6-16-32-47,48-33-17-7-18-34-48)49-35-19-8-20-36-49/h3-44H,45H2,1-2H3,(H,66,73)(H2,67,68,74);3-40H,41H2,1-2H3,(H,59,63)(H2,60,62,64)/b64-43?,65-44+;58-42?,61-43+. The summed E-state index contributed by atoms with van der Waals surface area (Å²) in [5.41, 5.74) is 24.9. The lowest BCUT2D eigenvalue weighted by Crippen LogP contribution is -2.50. The van der Waals surface area contributed by atoms with Crippen molar-refractivity contribution in [3.8, 4) is 11.4 Å². The van der Waals surface area contributed by atoms with Gasteiger partial charge in [0.25, 0.3) is 0 Å². The van der Waals surface area contributed by atoms with E-state index in [2.05, 4.69) is 348 Å². The highest BCUT2D eigenvalue weighted by atomic mass is 33.1. The van der Waals surface area contributed by atoms with Crippen LogP contribution in [0, 0.1) is 13.8 Å². The molecule has 18 rings (SSSR count). The first kappa shape index (κ1) is 98.8. The molecule has 0 aliphatic carbocycles. The molecule has 14 nitrogen and oxygen atoms in total. The third-order valence-corrected chi connectivity index (χ3v) is 30.2. The Morgan fingerprint density at radius 3 is 0.817 bits per heavy atom. The normalized spacial score (nSPS) is 11.8. The van der Waals surface area contributed by atoms with E-state index in [1.165, 1.54) is 0 Å². The van der Waals surface area contributed by atoms with Crippen LogP contribution in [0.1, 0.15) is 114 Å². The van der Waals surface area contributed by atoms with E-state index in [1.807, 2.05) is 200 Å². The molecule has 16 aromatic carbocycles. The highest BCUT2D eigenvalue weighted by Gasteiger charge is 2.42. The minimum Gasteiger partial charge on any atom is -0.361 e. The van der Waals surface area contributed by atoms with Crippen molar-refractivity contribution in [3.63, 3.8) is 0 Å². The van der Waals surface area contributed by atoms with E-state index in [-0.39, 0.29) is 6.54 Å². The lowest BCUT2D eigenvalue weighted by molar-refractivity contribution is 0.568. The lowest BCUT2D eigenvalue weighted by atomic mass is 9.77. The summed E-state index contributed by atoms with van der Waals surface area (Å²) in [5.74, 6) is 0. The molecule has 0 unspecified atom stereocenters. The number of thiocarbonyl (C=S) groups is 4. The molecule has 0 bridgehead atoms. The molecule has 6 N–H and O–H groups in total. The van der Waals surface area contributed by atoms with Gasteiger partial charge in [-0.1, -0.05) is 483 Å². The quantitative estimate of drug-likeness (QED) is 0.00744. The van der Waals surface area contributed by atoms with Crippen molar-refractivity contribution < 1.29 is 0 Å². The molecule has 2 aromatic heterocycles. The Morgan fingerprint density at radius 1 is 0.282 bits per heavy atom. The number of aryl methyl sites for hydroxylation is 2. The number of nitrogens with one attached hydrogen (secondary N) is 6. The van der Waals surface area contributed by atoms with Crippen LogP contribution in [-0.2, 0) is 22.2 Å². The lowest BCUT2D eigenvalue weighted by Gasteiger charge is -2.37. The Kier molecular flexibility index (Phi) is 33.3. The summed E-state index contributed by atoms with van der Waals surface area (Å²) in [5, 5.41) is 37.3. The Bertz CT molecular complexity index is 6540. The van der Waals surface area contributed by atoms with Crippen LogP contribution in [0.2, 0.25) is 0 Å². The van der Waals surface area contributed by atoms with Crippen molar-refractivity contribution >= 4 is 136 Å². The molecule has 0 aliphatic rings. The summed E-state index contributed by atoms with van der Waals surface area (Å²) < 4.78 is 3.94. The van der Waals surface area contributed by atoms with Crippen LogP contribution in [0.4, 0.5) is 0 Å². The van der Waals surface area contributed by atoms with Gasteiger partial charge in [-0.05, 0) is 177 Å². The van der Waals surface area contributed by atoms with Crippen LogP contribution in [0.25, 0.3) is 11.4 Å². The van der Waals surface area contributed by atoms with E-state index >= 15 is 0 Å². The van der Waals surface area contributed by atoms with Crippen molar-refractivity contribution in [2.75, 3.05) is 13.1 Å². The van der Waals surface area contributed by atoms with Crippen LogP contribution in [0.5, 0.6) is 0 Å². The van der Waals surface area contributed by atoms with Crippen LogP contribution in [0.15, 0.2) is 513 Å². The van der Waals surface area contributed by atoms with Crippen LogP contribution >= 0.6 is 92.0 Å². The van der Waals surface area contributed by atoms with Gasteiger partial charge in [-0.25, -0.2) is 9.36 Å². The average Bonchev–Trinajstić information content (AvgIpc) is 0.785. The maximum atomic E-state index is 6.21. The van der Waals surface area contributed by atoms with Gasteiger partial charge in [0.05, 0.1) is 63.3 Å². The fourth-order valence-corrected chi connectivity index (χ4v) is 23.6.